The van der Waals surface area contributed by atoms with Gasteiger partial charge in [0.05, 0.1) is 6.61 Å². The molecule has 1 aromatic rings. The lowest BCUT2D eigenvalue weighted by molar-refractivity contribution is 0.246. The van der Waals surface area contributed by atoms with Gasteiger partial charge in [0.1, 0.15) is 0 Å². The third-order valence-corrected chi connectivity index (χ3v) is 1.55. The normalized spacial score (nSPS) is 8.85. The summed E-state index contributed by atoms with van der Waals surface area (Å²) in [5, 5.41) is 0. The maximum absolute atomic E-state index is 8.41. The first-order chi connectivity index (χ1) is 5.29. The Morgan fingerprint density at radius 1 is 1.08 bits per heavy atom. The van der Waals surface area contributed by atoms with Gasteiger partial charge in [0.2, 0.25) is 0 Å². The van der Waals surface area contributed by atoms with Crippen molar-refractivity contribution in [3.8, 4) is 0 Å². The molecule has 0 unspecified atom stereocenters. The third-order valence-electron chi connectivity index (χ3n) is 1.19. The molecule has 8 N–H and O–H groups in total. The van der Waals surface area contributed by atoms with Crippen LogP contribution in [0.4, 0.5) is 0 Å². The minimum atomic E-state index is -2.22. The zero-order chi connectivity index (χ0) is 8.10. The second kappa shape index (κ2) is 8.07. The van der Waals surface area contributed by atoms with Crippen molar-refractivity contribution in [3.63, 3.8) is 0 Å². The summed E-state index contributed by atoms with van der Waals surface area (Å²) in [5.74, 6) is 0. The molecule has 0 atom stereocenters. The molecular formula is C7H15N2O3P. The van der Waals surface area contributed by atoms with Crippen LogP contribution < -0.4 is 12.3 Å². The number of rotatable bonds is 3. The van der Waals surface area contributed by atoms with Gasteiger partial charge in [-0.25, -0.2) is 0 Å². The largest absolute Gasteiger partial charge is 0.344 e. The molecule has 1 rings (SSSR count). The maximum atomic E-state index is 8.41. The van der Waals surface area contributed by atoms with E-state index in [0.717, 1.165) is 5.56 Å². The van der Waals surface area contributed by atoms with E-state index in [-0.39, 0.29) is 18.9 Å². The van der Waals surface area contributed by atoms with Crippen LogP contribution in [-0.4, -0.2) is 9.79 Å². The summed E-state index contributed by atoms with van der Waals surface area (Å²) in [6.45, 7) is 0.250. The van der Waals surface area contributed by atoms with Crippen molar-refractivity contribution in [2.45, 2.75) is 6.61 Å². The predicted octanol–water partition coefficient (Wildman–Crippen LogP) is 1.74. The van der Waals surface area contributed by atoms with E-state index in [1.807, 2.05) is 30.3 Å². The van der Waals surface area contributed by atoms with Crippen LogP contribution in [0, 0.1) is 0 Å². The highest BCUT2D eigenvalue weighted by Crippen LogP contribution is 2.25. The second-order valence-electron chi connectivity index (χ2n) is 2.01. The molecule has 0 aromatic heterocycles. The van der Waals surface area contributed by atoms with Crippen LogP contribution in [0.5, 0.6) is 0 Å². The molecule has 0 fully saturated rings. The molecule has 1 aromatic carbocycles. The maximum Gasteiger partial charge on any atom is 0.327 e. The van der Waals surface area contributed by atoms with Gasteiger partial charge in [-0.15, -0.1) is 0 Å². The number of benzene rings is 1. The van der Waals surface area contributed by atoms with Gasteiger partial charge < -0.3 is 26.6 Å². The molecule has 0 radical (unpaired) electrons. The zero-order valence-corrected chi connectivity index (χ0v) is 8.15. The summed E-state index contributed by atoms with van der Waals surface area (Å²) >= 11 is 0. The first-order valence-corrected chi connectivity index (χ1v) is 4.30. The lowest BCUT2D eigenvalue weighted by atomic mass is 10.2. The van der Waals surface area contributed by atoms with Crippen LogP contribution in [0.15, 0.2) is 30.3 Å². The topological polar surface area (TPSA) is 120 Å². The van der Waals surface area contributed by atoms with E-state index in [1.165, 1.54) is 0 Å². The van der Waals surface area contributed by atoms with Crippen molar-refractivity contribution >= 4 is 8.60 Å². The summed E-state index contributed by atoms with van der Waals surface area (Å²) in [6.07, 6.45) is 0. The molecule has 0 aliphatic carbocycles. The molecule has 76 valence electrons. The first kappa shape index (κ1) is 14.9. The monoisotopic (exact) mass is 206 g/mol. The summed E-state index contributed by atoms with van der Waals surface area (Å²) in [4.78, 5) is 16.8. The molecule has 0 bridgehead atoms. The Labute approximate surface area is 78.5 Å². The smallest absolute Gasteiger partial charge is 0.327 e. The van der Waals surface area contributed by atoms with Gasteiger partial charge in [-0.3, -0.25) is 0 Å². The lowest BCUT2D eigenvalue weighted by Crippen LogP contribution is -1.86. The molecule has 0 spiro atoms. The van der Waals surface area contributed by atoms with Gasteiger partial charge in [0.25, 0.3) is 0 Å². The molecule has 0 aliphatic rings. The van der Waals surface area contributed by atoms with Gasteiger partial charge in [-0.1, -0.05) is 30.3 Å². The van der Waals surface area contributed by atoms with E-state index in [9.17, 15) is 0 Å². The number of hydrogen-bond donors (Lipinski definition) is 4. The zero-order valence-electron chi connectivity index (χ0n) is 7.26. The fraction of sp³-hybridized carbons (Fsp3) is 0.143. The average Bonchev–Trinajstić information content (AvgIpc) is 2.03. The fourth-order valence-corrected chi connectivity index (χ4v) is 0.971. The summed E-state index contributed by atoms with van der Waals surface area (Å²) in [5.41, 5.74) is 0.933. The van der Waals surface area contributed by atoms with Gasteiger partial charge in [-0.05, 0) is 5.56 Å². The molecule has 0 saturated carbocycles. The van der Waals surface area contributed by atoms with Crippen molar-refractivity contribution in [1.29, 1.82) is 0 Å². The van der Waals surface area contributed by atoms with Crippen LogP contribution in [0.1, 0.15) is 5.56 Å². The Hall–Kier alpha value is -0.550. The van der Waals surface area contributed by atoms with Gasteiger partial charge in [0.15, 0.2) is 0 Å². The molecule has 13 heavy (non-hydrogen) atoms. The molecule has 0 aliphatic heterocycles. The Bertz CT molecular complexity index is 208. The van der Waals surface area contributed by atoms with Crippen molar-refractivity contribution in [3.05, 3.63) is 35.9 Å². The van der Waals surface area contributed by atoms with Crippen molar-refractivity contribution in [2.75, 3.05) is 0 Å². The van der Waals surface area contributed by atoms with Gasteiger partial charge in [0, 0.05) is 0 Å². The standard InChI is InChI=1S/C7H9O3P.2H3N/c8-11(9)10-6-7-4-2-1-3-5-7;;/h1-5,8-9H,6H2;2*1H3. The average molecular weight is 206 g/mol. The Kier molecular flexibility index (Phi) is 9.27. The second-order valence-corrected chi connectivity index (χ2v) is 2.78. The van der Waals surface area contributed by atoms with E-state index >= 15 is 0 Å². The molecule has 0 amide bonds. The molecule has 0 heterocycles. The van der Waals surface area contributed by atoms with E-state index in [2.05, 4.69) is 4.52 Å². The molecule has 0 saturated heterocycles. The van der Waals surface area contributed by atoms with Crippen LogP contribution in [0.3, 0.4) is 0 Å². The van der Waals surface area contributed by atoms with E-state index in [4.69, 9.17) is 9.79 Å². The Morgan fingerprint density at radius 2 is 1.62 bits per heavy atom. The third kappa shape index (κ3) is 6.60. The Morgan fingerprint density at radius 3 is 2.08 bits per heavy atom. The van der Waals surface area contributed by atoms with Gasteiger partial charge >= 0.3 is 8.60 Å². The minimum absolute atomic E-state index is 0. The highest BCUT2D eigenvalue weighted by atomic mass is 31.2. The van der Waals surface area contributed by atoms with Gasteiger partial charge in [-0.2, -0.15) is 0 Å². The van der Waals surface area contributed by atoms with Crippen LogP contribution in [0.2, 0.25) is 0 Å². The quantitative estimate of drug-likeness (QED) is 0.561. The molecule has 6 heteroatoms. The van der Waals surface area contributed by atoms with Crippen LogP contribution in [0.25, 0.3) is 0 Å². The Balaban J connectivity index is 0. The summed E-state index contributed by atoms with van der Waals surface area (Å²) < 4.78 is 4.60. The van der Waals surface area contributed by atoms with Crippen molar-refractivity contribution in [2.24, 2.45) is 0 Å². The molecule has 5 nitrogen and oxygen atoms in total. The highest BCUT2D eigenvalue weighted by molar-refractivity contribution is 7.39. The summed E-state index contributed by atoms with van der Waals surface area (Å²) in [7, 11) is -2.22. The SMILES string of the molecule is N.N.OP(O)OCc1ccccc1. The minimum Gasteiger partial charge on any atom is -0.344 e. The van der Waals surface area contributed by atoms with E-state index < -0.39 is 8.60 Å². The van der Waals surface area contributed by atoms with Crippen LogP contribution in [-0.2, 0) is 11.1 Å². The fourth-order valence-electron chi connectivity index (χ4n) is 0.707. The van der Waals surface area contributed by atoms with Crippen LogP contribution >= 0.6 is 8.60 Å². The highest BCUT2D eigenvalue weighted by Gasteiger charge is 1.98. The van der Waals surface area contributed by atoms with E-state index in [1.54, 1.807) is 0 Å². The number of hydrogen-bond acceptors (Lipinski definition) is 5. The molecular weight excluding hydrogens is 191 g/mol. The van der Waals surface area contributed by atoms with Crippen molar-refractivity contribution in [1.82, 2.24) is 12.3 Å². The summed E-state index contributed by atoms with van der Waals surface area (Å²) in [6, 6.07) is 9.35. The first-order valence-electron chi connectivity index (χ1n) is 3.14. The van der Waals surface area contributed by atoms with E-state index in [0.29, 0.717) is 0 Å². The predicted molar refractivity (Wildman–Crippen MR) is 52.6 cm³/mol. The lowest BCUT2D eigenvalue weighted by Gasteiger charge is -2.02. The van der Waals surface area contributed by atoms with Crippen molar-refractivity contribution < 1.29 is 14.3 Å².